The van der Waals surface area contributed by atoms with Crippen molar-refractivity contribution in [2.24, 2.45) is 0 Å². The molecule has 0 aliphatic heterocycles. The Morgan fingerprint density at radius 2 is 1.73 bits per heavy atom. The minimum atomic E-state index is -0.331. The molecular formula is C19H22O3. The van der Waals surface area contributed by atoms with Crippen LogP contribution >= 0.6 is 0 Å². The molecule has 2 aromatic carbocycles. The van der Waals surface area contributed by atoms with Gasteiger partial charge in [0.15, 0.2) is 0 Å². The molecule has 0 spiro atoms. The summed E-state index contributed by atoms with van der Waals surface area (Å²) in [5.41, 5.74) is 1.76. The van der Waals surface area contributed by atoms with Crippen LogP contribution in [-0.4, -0.2) is 12.6 Å². The van der Waals surface area contributed by atoms with Gasteiger partial charge in [0.2, 0.25) is 0 Å². The molecule has 22 heavy (non-hydrogen) atoms. The van der Waals surface area contributed by atoms with Gasteiger partial charge in [0.05, 0.1) is 12.2 Å². The first-order valence-electron chi connectivity index (χ1n) is 7.77. The summed E-state index contributed by atoms with van der Waals surface area (Å²) >= 11 is 0. The van der Waals surface area contributed by atoms with Crippen LogP contribution in [0.25, 0.3) is 0 Å². The Hall–Kier alpha value is -2.29. The van der Waals surface area contributed by atoms with Crippen molar-refractivity contribution in [2.45, 2.75) is 33.1 Å². The molecule has 0 fully saturated rings. The summed E-state index contributed by atoms with van der Waals surface area (Å²) in [5.74, 6) is 0.957. The van der Waals surface area contributed by atoms with E-state index in [2.05, 4.69) is 6.92 Å². The van der Waals surface area contributed by atoms with Gasteiger partial charge in [-0.25, -0.2) is 4.79 Å². The predicted octanol–water partition coefficient (Wildman–Crippen LogP) is 4.65. The lowest BCUT2D eigenvalue weighted by molar-refractivity contribution is 0.0734. The Morgan fingerprint density at radius 3 is 2.41 bits per heavy atom. The van der Waals surface area contributed by atoms with Crippen molar-refractivity contribution in [3.63, 3.8) is 0 Å². The number of hydrogen-bond acceptors (Lipinski definition) is 3. The van der Waals surface area contributed by atoms with Gasteiger partial charge >= 0.3 is 5.97 Å². The van der Waals surface area contributed by atoms with E-state index in [4.69, 9.17) is 9.47 Å². The molecule has 0 aliphatic rings. The highest BCUT2D eigenvalue weighted by Crippen LogP contribution is 2.19. The summed E-state index contributed by atoms with van der Waals surface area (Å²) < 4.78 is 10.8. The number of aryl methyl sites for hydroxylation is 1. The van der Waals surface area contributed by atoms with Gasteiger partial charge in [0.25, 0.3) is 0 Å². The molecule has 0 bridgehead atoms. The molecule has 3 heteroatoms. The molecule has 2 aromatic rings. The topological polar surface area (TPSA) is 35.5 Å². The number of ether oxygens (including phenoxy) is 2. The second kappa shape index (κ2) is 8.23. The van der Waals surface area contributed by atoms with Gasteiger partial charge in [0.1, 0.15) is 11.5 Å². The zero-order valence-corrected chi connectivity index (χ0v) is 13.2. The molecule has 0 saturated carbocycles. The van der Waals surface area contributed by atoms with Crippen LogP contribution in [0.15, 0.2) is 48.5 Å². The highest BCUT2D eigenvalue weighted by atomic mass is 16.5. The molecule has 0 saturated heterocycles. The summed E-state index contributed by atoms with van der Waals surface area (Å²) in [6, 6.07) is 14.7. The largest absolute Gasteiger partial charge is 0.494 e. The smallest absolute Gasteiger partial charge is 0.343 e. The van der Waals surface area contributed by atoms with E-state index in [1.54, 1.807) is 30.3 Å². The Morgan fingerprint density at radius 1 is 1.00 bits per heavy atom. The van der Waals surface area contributed by atoms with Crippen LogP contribution in [0.2, 0.25) is 0 Å². The number of rotatable bonds is 7. The normalized spacial score (nSPS) is 10.3. The molecule has 2 rings (SSSR count). The van der Waals surface area contributed by atoms with Crippen LogP contribution in [0.3, 0.4) is 0 Å². The number of hydrogen-bond donors (Lipinski definition) is 0. The summed E-state index contributed by atoms with van der Waals surface area (Å²) in [4.78, 5) is 12.2. The number of benzene rings is 2. The highest BCUT2D eigenvalue weighted by Gasteiger charge is 2.09. The molecular weight excluding hydrogens is 276 g/mol. The number of esters is 1. The van der Waals surface area contributed by atoms with Crippen molar-refractivity contribution < 1.29 is 14.3 Å². The molecule has 0 atom stereocenters. The molecule has 0 unspecified atom stereocenters. The lowest BCUT2D eigenvalue weighted by atomic mass is 10.1. The lowest BCUT2D eigenvalue weighted by Gasteiger charge is -2.07. The van der Waals surface area contributed by atoms with E-state index in [-0.39, 0.29) is 5.97 Å². The van der Waals surface area contributed by atoms with Gasteiger partial charge in [-0.2, -0.15) is 0 Å². The van der Waals surface area contributed by atoms with Crippen molar-refractivity contribution in [3.05, 3.63) is 59.7 Å². The molecule has 0 amide bonds. The second-order valence-corrected chi connectivity index (χ2v) is 5.10. The van der Waals surface area contributed by atoms with Crippen molar-refractivity contribution in [1.82, 2.24) is 0 Å². The van der Waals surface area contributed by atoms with Gasteiger partial charge in [-0.05, 0) is 61.7 Å². The van der Waals surface area contributed by atoms with Crippen LogP contribution in [0.1, 0.15) is 42.6 Å². The average molecular weight is 298 g/mol. The van der Waals surface area contributed by atoms with E-state index in [9.17, 15) is 4.79 Å². The van der Waals surface area contributed by atoms with E-state index in [1.165, 1.54) is 5.56 Å². The maximum absolute atomic E-state index is 12.2. The third-order valence-corrected chi connectivity index (χ3v) is 3.33. The second-order valence-electron chi connectivity index (χ2n) is 5.10. The van der Waals surface area contributed by atoms with Crippen LogP contribution in [0, 0.1) is 0 Å². The van der Waals surface area contributed by atoms with Gasteiger partial charge in [-0.1, -0.05) is 25.5 Å². The van der Waals surface area contributed by atoms with Crippen LogP contribution in [0.5, 0.6) is 11.5 Å². The number of carbonyl (C=O) groups is 1. The van der Waals surface area contributed by atoms with Crippen molar-refractivity contribution >= 4 is 5.97 Å². The van der Waals surface area contributed by atoms with Crippen molar-refractivity contribution in [1.29, 1.82) is 0 Å². The van der Waals surface area contributed by atoms with Gasteiger partial charge < -0.3 is 9.47 Å². The quantitative estimate of drug-likeness (QED) is 0.551. The first-order valence-corrected chi connectivity index (χ1v) is 7.77. The van der Waals surface area contributed by atoms with Crippen LogP contribution in [-0.2, 0) is 6.42 Å². The maximum atomic E-state index is 12.2. The third kappa shape index (κ3) is 4.62. The fraction of sp³-hybridized carbons (Fsp3) is 0.316. The first-order chi connectivity index (χ1) is 10.7. The SMILES string of the molecule is CCCCc1cccc(C(=O)Oc2ccc(OCC)cc2)c1. The van der Waals surface area contributed by atoms with Crippen molar-refractivity contribution in [2.75, 3.05) is 6.61 Å². The first kappa shape index (κ1) is 16.1. The zero-order chi connectivity index (χ0) is 15.8. The molecule has 3 nitrogen and oxygen atoms in total. The van der Waals surface area contributed by atoms with Gasteiger partial charge in [-0.3, -0.25) is 0 Å². The Balaban J connectivity index is 2.02. The van der Waals surface area contributed by atoms with E-state index in [0.717, 1.165) is 25.0 Å². The van der Waals surface area contributed by atoms with Crippen LogP contribution < -0.4 is 9.47 Å². The van der Waals surface area contributed by atoms with E-state index in [0.29, 0.717) is 17.9 Å². The Bertz CT molecular complexity index is 602. The summed E-state index contributed by atoms with van der Waals surface area (Å²) in [7, 11) is 0. The lowest BCUT2D eigenvalue weighted by Crippen LogP contribution is -2.08. The van der Waals surface area contributed by atoms with E-state index < -0.39 is 0 Å². The number of carbonyl (C=O) groups excluding carboxylic acids is 1. The monoisotopic (exact) mass is 298 g/mol. The molecule has 0 N–H and O–H groups in total. The standard InChI is InChI=1S/C19H22O3/c1-3-5-7-15-8-6-9-16(14-15)19(20)22-18-12-10-17(11-13-18)21-4-2/h6,8-14H,3-5,7H2,1-2H3. The summed E-state index contributed by atoms with van der Waals surface area (Å²) in [6.45, 7) is 4.70. The predicted molar refractivity (Wildman–Crippen MR) is 87.6 cm³/mol. The number of unbranched alkanes of at least 4 members (excludes halogenated alkanes) is 1. The fourth-order valence-electron chi connectivity index (χ4n) is 2.17. The molecule has 0 aliphatic carbocycles. The maximum Gasteiger partial charge on any atom is 0.343 e. The van der Waals surface area contributed by atoms with Gasteiger partial charge in [-0.15, -0.1) is 0 Å². The Kier molecular flexibility index (Phi) is 6.01. The fourth-order valence-corrected chi connectivity index (χ4v) is 2.17. The minimum Gasteiger partial charge on any atom is -0.494 e. The Labute approximate surface area is 131 Å². The zero-order valence-electron chi connectivity index (χ0n) is 13.2. The van der Waals surface area contributed by atoms with Gasteiger partial charge in [0, 0.05) is 0 Å². The van der Waals surface area contributed by atoms with E-state index in [1.807, 2.05) is 25.1 Å². The highest BCUT2D eigenvalue weighted by molar-refractivity contribution is 5.91. The average Bonchev–Trinajstić information content (AvgIpc) is 2.55. The van der Waals surface area contributed by atoms with Crippen LogP contribution in [0.4, 0.5) is 0 Å². The third-order valence-electron chi connectivity index (χ3n) is 3.33. The molecule has 0 aromatic heterocycles. The summed E-state index contributed by atoms with van der Waals surface area (Å²) in [6.07, 6.45) is 3.25. The molecule has 116 valence electrons. The minimum absolute atomic E-state index is 0.331. The summed E-state index contributed by atoms with van der Waals surface area (Å²) in [5, 5.41) is 0. The van der Waals surface area contributed by atoms with E-state index >= 15 is 0 Å². The van der Waals surface area contributed by atoms with Crippen molar-refractivity contribution in [3.8, 4) is 11.5 Å². The molecule has 0 radical (unpaired) electrons. The molecule has 0 heterocycles.